The van der Waals surface area contributed by atoms with Gasteiger partial charge in [-0.3, -0.25) is 4.79 Å². The molecule has 1 aliphatic rings. The molecule has 7 nitrogen and oxygen atoms in total. The Labute approximate surface area is 114 Å². The van der Waals surface area contributed by atoms with Crippen LogP contribution in [-0.2, 0) is 9.53 Å². The molecule has 1 fully saturated rings. The lowest BCUT2D eigenvalue weighted by molar-refractivity contribution is -0.129. The first-order valence-electron chi connectivity index (χ1n) is 5.93. The van der Waals surface area contributed by atoms with Crippen LogP contribution in [0, 0.1) is 6.92 Å². The summed E-state index contributed by atoms with van der Waals surface area (Å²) < 4.78 is 9.83. The van der Waals surface area contributed by atoms with Crippen LogP contribution in [0.5, 0.6) is 5.75 Å². The van der Waals surface area contributed by atoms with Crippen LogP contribution in [0.3, 0.4) is 0 Å². The summed E-state index contributed by atoms with van der Waals surface area (Å²) in [6.07, 6.45) is -0.707. The predicted molar refractivity (Wildman–Crippen MR) is 66.7 cm³/mol. The monoisotopic (exact) mass is 279 g/mol. The summed E-state index contributed by atoms with van der Waals surface area (Å²) in [5, 5.41) is 9.06. The van der Waals surface area contributed by atoms with Crippen molar-refractivity contribution in [3.05, 3.63) is 29.3 Å². The molecule has 0 spiro atoms. The van der Waals surface area contributed by atoms with Crippen molar-refractivity contribution in [2.24, 2.45) is 0 Å². The van der Waals surface area contributed by atoms with Gasteiger partial charge in [0, 0.05) is 0 Å². The lowest BCUT2D eigenvalue weighted by atomic mass is 10.1. The first kappa shape index (κ1) is 13.9. The molecule has 0 aliphatic carbocycles. The van der Waals surface area contributed by atoms with Crippen molar-refractivity contribution in [1.29, 1.82) is 0 Å². The number of nitrogens with zero attached hydrogens (tertiary/aromatic N) is 1. The number of benzene rings is 1. The molecule has 0 unspecified atom stereocenters. The van der Waals surface area contributed by atoms with Gasteiger partial charge in [-0.15, -0.1) is 0 Å². The number of ether oxygens (including phenoxy) is 2. The first-order chi connectivity index (χ1) is 9.49. The maximum atomic E-state index is 11.7. The van der Waals surface area contributed by atoms with Gasteiger partial charge in [-0.25, -0.2) is 14.5 Å². The fourth-order valence-electron chi connectivity index (χ4n) is 1.77. The fraction of sp³-hybridized carbons (Fsp3) is 0.308. The minimum Gasteiger partial charge on any atom is -0.483 e. The highest BCUT2D eigenvalue weighted by molar-refractivity contribution is 5.94. The SMILES string of the molecule is Cc1ccc(OCC(=O)N2CCOC2=O)c(C(=O)O)c1. The number of amides is 2. The summed E-state index contributed by atoms with van der Waals surface area (Å²) >= 11 is 0. The maximum Gasteiger partial charge on any atom is 0.416 e. The van der Waals surface area contributed by atoms with E-state index < -0.39 is 24.6 Å². The summed E-state index contributed by atoms with van der Waals surface area (Å²) in [7, 11) is 0. The van der Waals surface area contributed by atoms with Gasteiger partial charge in [-0.1, -0.05) is 11.6 Å². The summed E-state index contributed by atoms with van der Waals surface area (Å²) in [4.78, 5) is 34.9. The third kappa shape index (κ3) is 2.87. The standard InChI is InChI=1S/C13H13NO6/c1-8-2-3-10(9(6-8)12(16)17)20-7-11(15)14-4-5-19-13(14)18/h2-3,6H,4-5,7H2,1H3,(H,16,17). The van der Waals surface area contributed by atoms with Gasteiger partial charge in [0.05, 0.1) is 6.54 Å². The topological polar surface area (TPSA) is 93.1 Å². The molecule has 0 saturated carbocycles. The van der Waals surface area contributed by atoms with E-state index >= 15 is 0 Å². The van der Waals surface area contributed by atoms with Gasteiger partial charge in [0.2, 0.25) is 0 Å². The number of carboxylic acids is 1. The highest BCUT2D eigenvalue weighted by Crippen LogP contribution is 2.20. The number of carbonyl (C=O) groups is 3. The Morgan fingerprint density at radius 3 is 2.80 bits per heavy atom. The molecule has 1 aromatic rings. The molecule has 2 amide bonds. The number of imide groups is 1. The van der Waals surface area contributed by atoms with Crippen LogP contribution < -0.4 is 4.74 Å². The van der Waals surface area contributed by atoms with E-state index in [4.69, 9.17) is 9.84 Å². The second-order valence-electron chi connectivity index (χ2n) is 4.25. The molecule has 1 aromatic carbocycles. The molecule has 0 aromatic heterocycles. The molecular weight excluding hydrogens is 266 g/mol. The van der Waals surface area contributed by atoms with Crippen LogP contribution in [0.15, 0.2) is 18.2 Å². The minimum absolute atomic E-state index is 0.0261. The lowest BCUT2D eigenvalue weighted by Gasteiger charge is -2.13. The normalized spacial score (nSPS) is 14.1. The van der Waals surface area contributed by atoms with E-state index in [0.29, 0.717) is 0 Å². The molecule has 1 N–H and O–H groups in total. The number of carbonyl (C=O) groups excluding carboxylic acids is 2. The van der Waals surface area contributed by atoms with Crippen molar-refractivity contribution in [2.45, 2.75) is 6.92 Å². The van der Waals surface area contributed by atoms with Crippen molar-refractivity contribution < 1.29 is 29.0 Å². The zero-order chi connectivity index (χ0) is 14.7. The Balaban J connectivity index is 2.05. The molecule has 1 heterocycles. The van der Waals surface area contributed by atoms with Crippen molar-refractivity contribution in [2.75, 3.05) is 19.8 Å². The zero-order valence-corrected chi connectivity index (χ0v) is 10.8. The van der Waals surface area contributed by atoms with Crippen LogP contribution >= 0.6 is 0 Å². The Hall–Kier alpha value is -2.57. The largest absolute Gasteiger partial charge is 0.483 e. The highest BCUT2D eigenvalue weighted by atomic mass is 16.6. The highest BCUT2D eigenvalue weighted by Gasteiger charge is 2.28. The Kier molecular flexibility index (Phi) is 3.88. The summed E-state index contributed by atoms with van der Waals surface area (Å²) in [6.45, 7) is 1.68. The van der Waals surface area contributed by atoms with Gasteiger partial charge in [-0.05, 0) is 19.1 Å². The molecule has 0 bridgehead atoms. The van der Waals surface area contributed by atoms with Crippen LogP contribution in [-0.4, -0.2) is 47.7 Å². The number of cyclic esters (lactones) is 1. The van der Waals surface area contributed by atoms with Crippen molar-refractivity contribution in [3.63, 3.8) is 0 Å². The number of rotatable bonds is 4. The first-order valence-corrected chi connectivity index (χ1v) is 5.93. The molecule has 1 aliphatic heterocycles. The van der Waals surface area contributed by atoms with Gasteiger partial charge < -0.3 is 14.6 Å². The van der Waals surface area contributed by atoms with E-state index in [9.17, 15) is 14.4 Å². The number of carboxylic acid groups (broad SMARTS) is 1. The van der Waals surface area contributed by atoms with Crippen molar-refractivity contribution in [1.82, 2.24) is 4.90 Å². The second-order valence-corrected chi connectivity index (χ2v) is 4.25. The summed E-state index contributed by atoms with van der Waals surface area (Å²) in [6, 6.07) is 4.61. The van der Waals surface area contributed by atoms with Crippen molar-refractivity contribution >= 4 is 18.0 Å². The lowest BCUT2D eigenvalue weighted by Crippen LogP contribution is -2.35. The molecule has 7 heteroatoms. The van der Waals surface area contributed by atoms with Gasteiger partial charge in [0.15, 0.2) is 6.61 Å². The summed E-state index contributed by atoms with van der Waals surface area (Å²) in [5.41, 5.74) is 0.742. The quantitative estimate of drug-likeness (QED) is 0.885. The third-order valence-corrected chi connectivity index (χ3v) is 2.78. The van der Waals surface area contributed by atoms with E-state index in [1.165, 1.54) is 12.1 Å². The van der Waals surface area contributed by atoms with Crippen LogP contribution in [0.4, 0.5) is 4.79 Å². The average molecular weight is 279 g/mol. The van der Waals surface area contributed by atoms with Crippen LogP contribution in [0.25, 0.3) is 0 Å². The molecule has 0 radical (unpaired) electrons. The molecule has 0 atom stereocenters. The van der Waals surface area contributed by atoms with Gasteiger partial charge in [-0.2, -0.15) is 0 Å². The minimum atomic E-state index is -1.14. The van der Waals surface area contributed by atoms with Crippen LogP contribution in [0.1, 0.15) is 15.9 Å². The Morgan fingerprint density at radius 1 is 1.45 bits per heavy atom. The second kappa shape index (κ2) is 5.60. The predicted octanol–water partition coefficient (Wildman–Crippen LogP) is 1.05. The number of aromatic carboxylic acids is 1. The van der Waals surface area contributed by atoms with E-state index in [2.05, 4.69) is 4.74 Å². The number of hydrogen-bond donors (Lipinski definition) is 1. The van der Waals surface area contributed by atoms with Crippen LogP contribution in [0.2, 0.25) is 0 Å². The summed E-state index contributed by atoms with van der Waals surface area (Å²) in [5.74, 6) is -1.62. The molecular formula is C13H13NO6. The fourth-order valence-corrected chi connectivity index (χ4v) is 1.77. The average Bonchev–Trinajstić information content (AvgIpc) is 2.83. The molecule has 106 valence electrons. The van der Waals surface area contributed by atoms with Gasteiger partial charge in [0.1, 0.15) is 17.9 Å². The van der Waals surface area contributed by atoms with Crippen molar-refractivity contribution in [3.8, 4) is 5.75 Å². The third-order valence-electron chi connectivity index (χ3n) is 2.78. The molecule has 2 rings (SSSR count). The number of hydrogen-bond acceptors (Lipinski definition) is 5. The Morgan fingerprint density at radius 2 is 2.20 bits per heavy atom. The van der Waals surface area contributed by atoms with E-state index in [0.717, 1.165) is 10.5 Å². The molecule has 1 saturated heterocycles. The maximum absolute atomic E-state index is 11.7. The zero-order valence-electron chi connectivity index (χ0n) is 10.8. The van der Waals surface area contributed by atoms with E-state index in [1.807, 2.05) is 0 Å². The van der Waals surface area contributed by atoms with E-state index in [1.54, 1.807) is 13.0 Å². The van der Waals surface area contributed by atoms with E-state index in [-0.39, 0.29) is 24.5 Å². The van der Waals surface area contributed by atoms with Gasteiger partial charge in [0.25, 0.3) is 5.91 Å². The van der Waals surface area contributed by atoms with Gasteiger partial charge >= 0.3 is 12.1 Å². The Bertz CT molecular complexity index is 568. The molecule has 20 heavy (non-hydrogen) atoms. The smallest absolute Gasteiger partial charge is 0.416 e. The number of aryl methyl sites for hydroxylation is 1.